The van der Waals surface area contributed by atoms with Crippen molar-refractivity contribution in [3.05, 3.63) is 15.6 Å². The molecular weight excluding hydrogens is 258 g/mol. The van der Waals surface area contributed by atoms with E-state index in [0.29, 0.717) is 18.5 Å². The van der Waals surface area contributed by atoms with Gasteiger partial charge in [0.05, 0.1) is 12.3 Å². The Bertz CT molecular complexity index is 446. The third kappa shape index (κ3) is 2.57. The average Bonchev–Trinajstić information content (AvgIpc) is 3.04. The van der Waals surface area contributed by atoms with Gasteiger partial charge in [0.25, 0.3) is 0 Å². The highest BCUT2D eigenvalue weighted by Gasteiger charge is 2.34. The SMILES string of the molecule is CC(C)c1nc(C2CN3CCCC3CO2)sc1CN. The number of nitrogens with zero attached hydrogens (tertiary/aromatic N) is 2. The van der Waals surface area contributed by atoms with Crippen LogP contribution in [0, 0.1) is 0 Å². The van der Waals surface area contributed by atoms with Crippen molar-refractivity contribution in [2.45, 2.75) is 51.3 Å². The predicted octanol–water partition coefficient (Wildman–Crippen LogP) is 2.26. The molecule has 0 bridgehead atoms. The smallest absolute Gasteiger partial charge is 0.123 e. The van der Waals surface area contributed by atoms with Crippen molar-refractivity contribution in [3.8, 4) is 0 Å². The fraction of sp³-hybridized carbons (Fsp3) is 0.786. The second kappa shape index (κ2) is 5.48. The Morgan fingerprint density at radius 1 is 1.53 bits per heavy atom. The van der Waals surface area contributed by atoms with E-state index in [2.05, 4.69) is 18.7 Å². The molecule has 3 rings (SSSR count). The molecule has 1 aromatic rings. The quantitative estimate of drug-likeness (QED) is 0.923. The van der Waals surface area contributed by atoms with E-state index in [1.54, 1.807) is 11.3 Å². The summed E-state index contributed by atoms with van der Waals surface area (Å²) in [4.78, 5) is 8.59. The third-order valence-electron chi connectivity index (χ3n) is 4.14. The van der Waals surface area contributed by atoms with Gasteiger partial charge in [-0.15, -0.1) is 11.3 Å². The molecule has 19 heavy (non-hydrogen) atoms. The van der Waals surface area contributed by atoms with Gasteiger partial charge in [-0.2, -0.15) is 0 Å². The second-order valence-electron chi connectivity index (χ2n) is 5.83. The van der Waals surface area contributed by atoms with Crippen LogP contribution in [-0.2, 0) is 11.3 Å². The minimum atomic E-state index is 0.150. The molecule has 2 saturated heterocycles. The van der Waals surface area contributed by atoms with Gasteiger partial charge in [-0.1, -0.05) is 13.8 Å². The van der Waals surface area contributed by atoms with Crippen molar-refractivity contribution in [2.24, 2.45) is 5.73 Å². The summed E-state index contributed by atoms with van der Waals surface area (Å²) in [7, 11) is 0. The molecule has 2 aliphatic heterocycles. The molecule has 0 saturated carbocycles. The summed E-state index contributed by atoms with van der Waals surface area (Å²) in [5.74, 6) is 0.437. The first-order chi connectivity index (χ1) is 9.19. The molecule has 2 atom stereocenters. The van der Waals surface area contributed by atoms with Gasteiger partial charge in [-0.05, 0) is 25.3 Å². The minimum absolute atomic E-state index is 0.150. The molecule has 106 valence electrons. The first kappa shape index (κ1) is 13.5. The zero-order valence-electron chi connectivity index (χ0n) is 11.8. The maximum Gasteiger partial charge on any atom is 0.123 e. The number of fused-ring (bicyclic) bond motifs is 1. The van der Waals surface area contributed by atoms with E-state index < -0.39 is 0 Å². The summed E-state index contributed by atoms with van der Waals surface area (Å²) in [6.07, 6.45) is 2.75. The molecule has 1 aromatic heterocycles. The lowest BCUT2D eigenvalue weighted by atomic mass is 10.1. The predicted molar refractivity (Wildman–Crippen MR) is 77.4 cm³/mol. The van der Waals surface area contributed by atoms with Crippen molar-refractivity contribution >= 4 is 11.3 Å². The van der Waals surface area contributed by atoms with Crippen LogP contribution in [-0.4, -0.2) is 35.6 Å². The van der Waals surface area contributed by atoms with Crippen molar-refractivity contribution in [3.63, 3.8) is 0 Å². The van der Waals surface area contributed by atoms with E-state index in [9.17, 15) is 0 Å². The van der Waals surface area contributed by atoms with Crippen LogP contribution in [0.15, 0.2) is 0 Å². The van der Waals surface area contributed by atoms with Gasteiger partial charge in [0, 0.05) is 24.0 Å². The lowest BCUT2D eigenvalue weighted by Gasteiger charge is -2.34. The first-order valence-electron chi connectivity index (χ1n) is 7.24. The first-order valence-corrected chi connectivity index (χ1v) is 8.06. The Hall–Kier alpha value is -0.490. The van der Waals surface area contributed by atoms with Crippen LogP contribution in [0.5, 0.6) is 0 Å². The number of hydrogen-bond acceptors (Lipinski definition) is 5. The molecule has 0 radical (unpaired) electrons. The van der Waals surface area contributed by atoms with Crippen LogP contribution >= 0.6 is 11.3 Å². The molecule has 3 heterocycles. The van der Waals surface area contributed by atoms with E-state index in [0.717, 1.165) is 23.9 Å². The third-order valence-corrected chi connectivity index (χ3v) is 5.33. The Labute approximate surface area is 119 Å². The summed E-state index contributed by atoms with van der Waals surface area (Å²) < 4.78 is 6.04. The largest absolute Gasteiger partial charge is 0.368 e. The summed E-state index contributed by atoms with van der Waals surface area (Å²) >= 11 is 1.74. The van der Waals surface area contributed by atoms with Crippen LogP contribution < -0.4 is 5.73 Å². The monoisotopic (exact) mass is 281 g/mol. The van der Waals surface area contributed by atoms with Crippen molar-refractivity contribution < 1.29 is 4.74 Å². The maximum absolute atomic E-state index is 6.04. The number of ether oxygens (including phenoxy) is 1. The fourth-order valence-corrected chi connectivity index (χ4v) is 4.22. The summed E-state index contributed by atoms with van der Waals surface area (Å²) in [5, 5.41) is 1.12. The molecule has 2 fully saturated rings. The Balaban J connectivity index is 1.78. The summed E-state index contributed by atoms with van der Waals surface area (Å²) in [6, 6.07) is 0.648. The van der Waals surface area contributed by atoms with Crippen molar-refractivity contribution in [2.75, 3.05) is 19.7 Å². The number of hydrogen-bond donors (Lipinski definition) is 1. The van der Waals surface area contributed by atoms with Crippen molar-refractivity contribution in [1.29, 1.82) is 0 Å². The summed E-state index contributed by atoms with van der Waals surface area (Å²) in [5.41, 5.74) is 7.00. The van der Waals surface area contributed by atoms with Gasteiger partial charge >= 0.3 is 0 Å². The highest BCUT2D eigenvalue weighted by atomic mass is 32.1. The molecule has 2 unspecified atom stereocenters. The van der Waals surface area contributed by atoms with Gasteiger partial charge in [-0.25, -0.2) is 4.98 Å². The minimum Gasteiger partial charge on any atom is -0.368 e. The molecule has 0 amide bonds. The van der Waals surface area contributed by atoms with Crippen LogP contribution in [0.1, 0.15) is 54.3 Å². The normalized spacial score (nSPS) is 28.0. The van der Waals surface area contributed by atoms with Crippen LogP contribution in [0.4, 0.5) is 0 Å². The Morgan fingerprint density at radius 3 is 3.05 bits per heavy atom. The summed E-state index contributed by atoms with van der Waals surface area (Å²) in [6.45, 7) is 8.02. The Morgan fingerprint density at radius 2 is 2.37 bits per heavy atom. The Kier molecular flexibility index (Phi) is 3.89. The van der Waals surface area contributed by atoms with Crippen LogP contribution in [0.2, 0.25) is 0 Å². The molecular formula is C14H23N3OS. The number of nitrogens with two attached hydrogens (primary N) is 1. The molecule has 4 nitrogen and oxygen atoms in total. The fourth-order valence-electron chi connectivity index (χ4n) is 3.08. The van der Waals surface area contributed by atoms with E-state index >= 15 is 0 Å². The molecule has 2 N–H and O–H groups in total. The van der Waals surface area contributed by atoms with Crippen molar-refractivity contribution in [1.82, 2.24) is 9.88 Å². The van der Waals surface area contributed by atoms with Gasteiger partial charge in [0.2, 0.25) is 0 Å². The standard InChI is InChI=1S/C14H23N3OS/c1-9(2)13-12(6-15)19-14(16-13)11-7-17-5-3-4-10(17)8-18-11/h9-11H,3-8,15H2,1-2H3. The van der Waals surface area contributed by atoms with Crippen LogP contribution in [0.3, 0.4) is 0 Å². The maximum atomic E-state index is 6.04. The lowest BCUT2D eigenvalue weighted by molar-refractivity contribution is -0.0502. The van der Waals surface area contributed by atoms with E-state index in [1.165, 1.54) is 24.3 Å². The number of aromatic nitrogens is 1. The number of morpholine rings is 1. The number of rotatable bonds is 3. The highest BCUT2D eigenvalue weighted by Crippen LogP contribution is 2.34. The van der Waals surface area contributed by atoms with Crippen LogP contribution in [0.25, 0.3) is 0 Å². The average molecular weight is 281 g/mol. The van der Waals surface area contributed by atoms with Gasteiger partial charge in [-0.3, -0.25) is 4.90 Å². The topological polar surface area (TPSA) is 51.4 Å². The van der Waals surface area contributed by atoms with E-state index in [4.69, 9.17) is 15.5 Å². The highest BCUT2D eigenvalue weighted by molar-refractivity contribution is 7.11. The number of thiazole rings is 1. The van der Waals surface area contributed by atoms with Gasteiger partial charge in [0.1, 0.15) is 11.1 Å². The van der Waals surface area contributed by atoms with Gasteiger partial charge in [0.15, 0.2) is 0 Å². The molecule has 5 heteroatoms. The molecule has 0 aliphatic carbocycles. The van der Waals surface area contributed by atoms with Gasteiger partial charge < -0.3 is 10.5 Å². The molecule has 0 aromatic carbocycles. The molecule has 0 spiro atoms. The zero-order valence-corrected chi connectivity index (χ0v) is 12.6. The van der Waals surface area contributed by atoms with E-state index in [1.807, 2.05) is 0 Å². The van der Waals surface area contributed by atoms with E-state index in [-0.39, 0.29) is 6.10 Å². The molecule has 2 aliphatic rings. The second-order valence-corrected chi connectivity index (χ2v) is 6.95. The zero-order chi connectivity index (χ0) is 13.4. The lowest BCUT2D eigenvalue weighted by Crippen LogP contribution is -2.42.